The standard InChI is InChI=1S/C14H16N2O3/c1-3-19-13(17)10-9-11(2)15-16-14(18)12-7-5-4-6-8-12/h4-10H,3H2,1-2H3,(H,16,18)/b10-9+,15-11+. The molecule has 0 aromatic heterocycles. The molecule has 0 heterocycles. The Morgan fingerprint density at radius 1 is 1.26 bits per heavy atom. The van der Waals surface area contributed by atoms with Crippen molar-refractivity contribution in [2.24, 2.45) is 5.10 Å². The van der Waals surface area contributed by atoms with Crippen molar-refractivity contribution in [2.75, 3.05) is 6.61 Å². The molecule has 0 unspecified atom stereocenters. The lowest BCUT2D eigenvalue weighted by Crippen LogP contribution is -2.18. The fourth-order valence-electron chi connectivity index (χ4n) is 1.21. The van der Waals surface area contributed by atoms with Crippen molar-refractivity contribution >= 4 is 17.6 Å². The average molecular weight is 260 g/mol. The molecule has 5 nitrogen and oxygen atoms in total. The fourth-order valence-corrected chi connectivity index (χ4v) is 1.21. The molecule has 1 rings (SSSR count). The molecule has 0 aliphatic carbocycles. The van der Waals surface area contributed by atoms with Gasteiger partial charge < -0.3 is 4.74 Å². The highest BCUT2D eigenvalue weighted by molar-refractivity contribution is 5.99. The van der Waals surface area contributed by atoms with E-state index in [2.05, 4.69) is 10.5 Å². The number of carbonyl (C=O) groups is 2. The van der Waals surface area contributed by atoms with Gasteiger partial charge >= 0.3 is 5.97 Å². The molecule has 100 valence electrons. The lowest BCUT2D eigenvalue weighted by atomic mass is 10.2. The van der Waals surface area contributed by atoms with Crippen LogP contribution in [-0.2, 0) is 9.53 Å². The molecule has 0 saturated carbocycles. The Balaban J connectivity index is 2.52. The first-order valence-electron chi connectivity index (χ1n) is 5.88. The second-order valence-corrected chi connectivity index (χ2v) is 3.65. The largest absolute Gasteiger partial charge is 0.463 e. The first-order chi connectivity index (χ1) is 9.13. The highest BCUT2D eigenvalue weighted by Crippen LogP contribution is 1.97. The van der Waals surface area contributed by atoms with Crippen LogP contribution in [0.1, 0.15) is 24.2 Å². The van der Waals surface area contributed by atoms with Crippen molar-refractivity contribution in [1.82, 2.24) is 5.43 Å². The number of hydrazone groups is 1. The Morgan fingerprint density at radius 3 is 2.58 bits per heavy atom. The minimum absolute atomic E-state index is 0.301. The number of carbonyl (C=O) groups excluding carboxylic acids is 2. The molecule has 1 N–H and O–H groups in total. The van der Waals surface area contributed by atoms with Gasteiger partial charge in [-0.2, -0.15) is 5.10 Å². The monoisotopic (exact) mass is 260 g/mol. The van der Waals surface area contributed by atoms with E-state index in [0.717, 1.165) is 0 Å². The van der Waals surface area contributed by atoms with Gasteiger partial charge in [0.25, 0.3) is 5.91 Å². The van der Waals surface area contributed by atoms with Crippen LogP contribution in [0.5, 0.6) is 0 Å². The van der Waals surface area contributed by atoms with Gasteiger partial charge in [0.1, 0.15) is 0 Å². The van der Waals surface area contributed by atoms with Crippen LogP contribution in [0.3, 0.4) is 0 Å². The van der Waals surface area contributed by atoms with Crippen molar-refractivity contribution in [1.29, 1.82) is 0 Å². The lowest BCUT2D eigenvalue weighted by Gasteiger charge is -2.00. The van der Waals surface area contributed by atoms with E-state index < -0.39 is 5.97 Å². The Morgan fingerprint density at radius 2 is 1.95 bits per heavy atom. The van der Waals surface area contributed by atoms with E-state index in [1.54, 1.807) is 38.1 Å². The summed E-state index contributed by atoms with van der Waals surface area (Å²) in [5.41, 5.74) is 3.42. The molecule has 0 radical (unpaired) electrons. The zero-order chi connectivity index (χ0) is 14.1. The molecule has 0 atom stereocenters. The van der Waals surface area contributed by atoms with Crippen molar-refractivity contribution in [3.8, 4) is 0 Å². The third kappa shape index (κ3) is 5.63. The summed E-state index contributed by atoms with van der Waals surface area (Å²) < 4.78 is 4.72. The Hall–Kier alpha value is -2.43. The second-order valence-electron chi connectivity index (χ2n) is 3.65. The van der Waals surface area contributed by atoms with Gasteiger partial charge in [0.15, 0.2) is 0 Å². The molecule has 1 aromatic rings. The first kappa shape index (κ1) is 14.6. The van der Waals surface area contributed by atoms with E-state index in [1.807, 2.05) is 6.07 Å². The van der Waals surface area contributed by atoms with Crippen molar-refractivity contribution in [3.05, 3.63) is 48.0 Å². The molecule has 1 amide bonds. The molecule has 19 heavy (non-hydrogen) atoms. The zero-order valence-corrected chi connectivity index (χ0v) is 10.9. The van der Waals surface area contributed by atoms with E-state index in [0.29, 0.717) is 17.9 Å². The third-order valence-electron chi connectivity index (χ3n) is 2.12. The van der Waals surface area contributed by atoms with Crippen LogP contribution in [0.25, 0.3) is 0 Å². The molecular formula is C14H16N2O3. The minimum atomic E-state index is -0.438. The maximum absolute atomic E-state index is 11.7. The molecule has 0 saturated heterocycles. The molecule has 1 aromatic carbocycles. The van der Waals surface area contributed by atoms with Crippen LogP contribution in [0.4, 0.5) is 0 Å². The molecule has 0 aliphatic rings. The SMILES string of the molecule is CCOC(=O)/C=C/C(C)=N/NC(=O)c1ccccc1. The predicted molar refractivity (Wildman–Crippen MR) is 72.8 cm³/mol. The van der Waals surface area contributed by atoms with Crippen LogP contribution < -0.4 is 5.43 Å². The smallest absolute Gasteiger partial charge is 0.330 e. The number of amides is 1. The maximum atomic E-state index is 11.7. The number of nitrogens with zero attached hydrogens (tertiary/aromatic N) is 1. The maximum Gasteiger partial charge on any atom is 0.330 e. The number of allylic oxidation sites excluding steroid dienone is 1. The van der Waals surface area contributed by atoms with Crippen molar-refractivity contribution in [2.45, 2.75) is 13.8 Å². The molecule has 0 aliphatic heterocycles. The van der Waals surface area contributed by atoms with Crippen molar-refractivity contribution < 1.29 is 14.3 Å². The molecule has 0 bridgehead atoms. The number of hydrogen-bond acceptors (Lipinski definition) is 4. The summed E-state index contributed by atoms with van der Waals surface area (Å²) in [7, 11) is 0. The van der Waals surface area contributed by atoms with Crippen LogP contribution in [0, 0.1) is 0 Å². The lowest BCUT2D eigenvalue weighted by molar-refractivity contribution is -0.137. The number of benzene rings is 1. The van der Waals surface area contributed by atoms with Crippen molar-refractivity contribution in [3.63, 3.8) is 0 Å². The Bertz CT molecular complexity index is 493. The number of esters is 1. The van der Waals surface area contributed by atoms with Gasteiger partial charge in [-0.05, 0) is 32.1 Å². The highest BCUT2D eigenvalue weighted by atomic mass is 16.5. The topological polar surface area (TPSA) is 67.8 Å². The highest BCUT2D eigenvalue weighted by Gasteiger charge is 2.02. The number of ether oxygens (including phenoxy) is 1. The van der Waals surface area contributed by atoms with Gasteiger partial charge in [0, 0.05) is 11.6 Å². The van der Waals surface area contributed by atoms with E-state index in [4.69, 9.17) is 4.74 Å². The van der Waals surface area contributed by atoms with Crippen LogP contribution in [0.15, 0.2) is 47.6 Å². The van der Waals surface area contributed by atoms with E-state index >= 15 is 0 Å². The summed E-state index contributed by atoms with van der Waals surface area (Å²) in [5.74, 6) is -0.740. The van der Waals surface area contributed by atoms with Crippen LogP contribution >= 0.6 is 0 Å². The van der Waals surface area contributed by atoms with Gasteiger partial charge in [0.05, 0.1) is 12.3 Å². The van der Waals surface area contributed by atoms with Gasteiger partial charge in [-0.15, -0.1) is 0 Å². The summed E-state index contributed by atoms with van der Waals surface area (Å²) in [6.45, 7) is 3.72. The second kappa shape index (κ2) is 7.81. The van der Waals surface area contributed by atoms with Gasteiger partial charge in [-0.25, -0.2) is 10.2 Å². The quantitative estimate of drug-likeness (QED) is 0.380. The van der Waals surface area contributed by atoms with E-state index in [1.165, 1.54) is 12.2 Å². The normalized spacial score (nSPS) is 11.4. The minimum Gasteiger partial charge on any atom is -0.463 e. The van der Waals surface area contributed by atoms with Crippen LogP contribution in [0.2, 0.25) is 0 Å². The Kier molecular flexibility index (Phi) is 6.02. The summed E-state index contributed by atoms with van der Waals surface area (Å²) in [5, 5.41) is 3.86. The summed E-state index contributed by atoms with van der Waals surface area (Å²) in [6.07, 6.45) is 2.74. The molecular weight excluding hydrogens is 244 g/mol. The molecule has 0 fully saturated rings. The summed E-state index contributed by atoms with van der Waals surface area (Å²) in [6, 6.07) is 8.74. The van der Waals surface area contributed by atoms with Gasteiger partial charge in [-0.3, -0.25) is 4.79 Å². The number of nitrogens with one attached hydrogen (secondary N) is 1. The molecule has 0 spiro atoms. The number of rotatable bonds is 5. The Labute approximate surface area is 112 Å². The van der Waals surface area contributed by atoms with Crippen LogP contribution in [-0.4, -0.2) is 24.2 Å². The first-order valence-corrected chi connectivity index (χ1v) is 5.88. The van der Waals surface area contributed by atoms with E-state index in [9.17, 15) is 9.59 Å². The van der Waals surface area contributed by atoms with Gasteiger partial charge in [-0.1, -0.05) is 18.2 Å². The fraction of sp³-hybridized carbons (Fsp3) is 0.214. The third-order valence-corrected chi connectivity index (χ3v) is 2.12. The summed E-state index contributed by atoms with van der Waals surface area (Å²) >= 11 is 0. The average Bonchev–Trinajstić information content (AvgIpc) is 2.44. The van der Waals surface area contributed by atoms with Gasteiger partial charge in [0.2, 0.25) is 0 Å². The van der Waals surface area contributed by atoms with E-state index in [-0.39, 0.29) is 5.91 Å². The molecule has 5 heteroatoms. The summed E-state index contributed by atoms with van der Waals surface area (Å²) in [4.78, 5) is 22.7. The predicted octanol–water partition coefficient (Wildman–Crippen LogP) is 1.91. The number of hydrogen-bond donors (Lipinski definition) is 1. The zero-order valence-electron chi connectivity index (χ0n) is 10.9.